The smallest absolute Gasteiger partial charge is 0.101 e. The minimum atomic E-state index is 0.399. The summed E-state index contributed by atoms with van der Waals surface area (Å²) in [5, 5.41) is 12.3. The average molecular weight is 267 g/mol. The fourth-order valence-electron chi connectivity index (χ4n) is 1.50. The van der Waals surface area contributed by atoms with E-state index in [1.54, 1.807) is 0 Å². The molecule has 1 unspecified atom stereocenters. The molecular formula is C12H15BrN2. The van der Waals surface area contributed by atoms with Crippen LogP contribution in [0.4, 0.5) is 5.69 Å². The van der Waals surface area contributed by atoms with E-state index in [1.165, 1.54) is 0 Å². The minimum Gasteiger partial charge on any atom is -0.381 e. The van der Waals surface area contributed by atoms with Crippen LogP contribution in [0.2, 0.25) is 0 Å². The van der Waals surface area contributed by atoms with Crippen molar-refractivity contribution in [2.45, 2.75) is 32.7 Å². The highest BCUT2D eigenvalue weighted by Crippen LogP contribution is 2.22. The largest absolute Gasteiger partial charge is 0.381 e. The molecular weight excluding hydrogens is 252 g/mol. The zero-order valence-corrected chi connectivity index (χ0v) is 10.6. The number of hydrogen-bond acceptors (Lipinski definition) is 2. The normalized spacial score (nSPS) is 11.9. The van der Waals surface area contributed by atoms with E-state index >= 15 is 0 Å². The Morgan fingerprint density at radius 3 is 2.87 bits per heavy atom. The molecule has 0 aliphatic rings. The average Bonchev–Trinajstić information content (AvgIpc) is 2.18. The van der Waals surface area contributed by atoms with Crippen molar-refractivity contribution in [1.82, 2.24) is 0 Å². The van der Waals surface area contributed by atoms with Gasteiger partial charge in [0.15, 0.2) is 0 Å². The van der Waals surface area contributed by atoms with E-state index in [1.807, 2.05) is 18.2 Å². The van der Waals surface area contributed by atoms with Crippen molar-refractivity contribution < 1.29 is 0 Å². The first kappa shape index (κ1) is 12.1. The Labute approximate surface area is 99.4 Å². The maximum Gasteiger partial charge on any atom is 0.101 e. The van der Waals surface area contributed by atoms with Gasteiger partial charge in [0.1, 0.15) is 6.07 Å². The Morgan fingerprint density at radius 1 is 1.53 bits per heavy atom. The molecule has 0 bridgehead atoms. The molecule has 1 N–H and O–H groups in total. The van der Waals surface area contributed by atoms with Crippen molar-refractivity contribution in [2.75, 3.05) is 5.32 Å². The van der Waals surface area contributed by atoms with Gasteiger partial charge in [0.2, 0.25) is 0 Å². The standard InChI is InChI=1S/C12H15BrN2/c1-3-4-9(2)15-12-7-11(13)6-5-10(12)8-14/h5-7,9,15H,3-4H2,1-2H3. The third-order valence-corrected chi connectivity index (χ3v) is 2.72. The predicted molar refractivity (Wildman–Crippen MR) is 66.8 cm³/mol. The highest BCUT2D eigenvalue weighted by atomic mass is 79.9. The van der Waals surface area contributed by atoms with Crippen molar-refractivity contribution in [1.29, 1.82) is 5.26 Å². The van der Waals surface area contributed by atoms with Crippen molar-refractivity contribution in [3.8, 4) is 6.07 Å². The summed E-state index contributed by atoms with van der Waals surface area (Å²) < 4.78 is 0.993. The fourth-order valence-corrected chi connectivity index (χ4v) is 1.87. The van der Waals surface area contributed by atoms with Crippen LogP contribution in [0.5, 0.6) is 0 Å². The lowest BCUT2D eigenvalue weighted by Gasteiger charge is -2.15. The maximum atomic E-state index is 8.95. The zero-order chi connectivity index (χ0) is 11.3. The van der Waals surface area contributed by atoms with Gasteiger partial charge in [-0.15, -0.1) is 0 Å². The molecule has 2 nitrogen and oxygen atoms in total. The lowest BCUT2D eigenvalue weighted by Crippen LogP contribution is -2.15. The lowest BCUT2D eigenvalue weighted by molar-refractivity contribution is 0.690. The van der Waals surface area contributed by atoms with E-state index in [0.717, 1.165) is 23.0 Å². The van der Waals surface area contributed by atoms with Gasteiger partial charge in [0, 0.05) is 10.5 Å². The van der Waals surface area contributed by atoms with E-state index in [9.17, 15) is 0 Å². The quantitative estimate of drug-likeness (QED) is 0.897. The van der Waals surface area contributed by atoms with E-state index in [2.05, 4.69) is 41.2 Å². The van der Waals surface area contributed by atoms with Gasteiger partial charge < -0.3 is 5.32 Å². The van der Waals surface area contributed by atoms with Crippen LogP contribution in [0.15, 0.2) is 22.7 Å². The van der Waals surface area contributed by atoms with E-state index < -0.39 is 0 Å². The number of anilines is 1. The van der Waals surface area contributed by atoms with Crippen molar-refractivity contribution >= 4 is 21.6 Å². The molecule has 0 fully saturated rings. The summed E-state index contributed by atoms with van der Waals surface area (Å²) >= 11 is 3.40. The fraction of sp³-hybridized carbons (Fsp3) is 0.417. The molecule has 15 heavy (non-hydrogen) atoms. The third-order valence-electron chi connectivity index (χ3n) is 2.23. The van der Waals surface area contributed by atoms with Gasteiger partial charge in [-0.3, -0.25) is 0 Å². The molecule has 1 rings (SSSR count). The van der Waals surface area contributed by atoms with Crippen LogP contribution in [0.1, 0.15) is 32.3 Å². The Morgan fingerprint density at radius 2 is 2.27 bits per heavy atom. The molecule has 0 amide bonds. The molecule has 0 aliphatic heterocycles. The van der Waals surface area contributed by atoms with Crippen molar-refractivity contribution in [3.05, 3.63) is 28.2 Å². The Hall–Kier alpha value is -1.01. The number of rotatable bonds is 4. The first-order chi connectivity index (χ1) is 7.17. The molecule has 0 saturated heterocycles. The van der Waals surface area contributed by atoms with Crippen LogP contribution < -0.4 is 5.32 Å². The molecule has 1 aromatic carbocycles. The Bertz CT molecular complexity index is 368. The molecule has 0 heterocycles. The summed E-state index contributed by atoms with van der Waals surface area (Å²) in [4.78, 5) is 0. The maximum absolute atomic E-state index is 8.95. The second-order valence-electron chi connectivity index (χ2n) is 3.64. The van der Waals surface area contributed by atoms with Gasteiger partial charge in [0.25, 0.3) is 0 Å². The second-order valence-corrected chi connectivity index (χ2v) is 4.55. The summed E-state index contributed by atoms with van der Waals surface area (Å²) in [5.41, 5.74) is 1.61. The predicted octanol–water partition coefficient (Wildman–Crippen LogP) is 3.92. The lowest BCUT2D eigenvalue weighted by atomic mass is 10.1. The molecule has 80 valence electrons. The number of nitrogens with one attached hydrogen (secondary N) is 1. The highest BCUT2D eigenvalue weighted by molar-refractivity contribution is 9.10. The van der Waals surface area contributed by atoms with Gasteiger partial charge in [-0.2, -0.15) is 5.26 Å². The van der Waals surface area contributed by atoms with Crippen LogP contribution in [0, 0.1) is 11.3 Å². The molecule has 1 aromatic rings. The van der Waals surface area contributed by atoms with Crippen molar-refractivity contribution in [3.63, 3.8) is 0 Å². The molecule has 0 aromatic heterocycles. The van der Waals surface area contributed by atoms with Crippen LogP contribution >= 0.6 is 15.9 Å². The zero-order valence-electron chi connectivity index (χ0n) is 9.05. The van der Waals surface area contributed by atoms with E-state index in [0.29, 0.717) is 11.6 Å². The number of halogens is 1. The first-order valence-electron chi connectivity index (χ1n) is 5.13. The Kier molecular flexibility index (Phi) is 4.64. The van der Waals surface area contributed by atoms with Gasteiger partial charge >= 0.3 is 0 Å². The minimum absolute atomic E-state index is 0.399. The summed E-state index contributed by atoms with van der Waals surface area (Å²) in [6.07, 6.45) is 2.25. The summed E-state index contributed by atoms with van der Waals surface area (Å²) in [6.45, 7) is 4.29. The van der Waals surface area contributed by atoms with Gasteiger partial charge in [-0.25, -0.2) is 0 Å². The monoisotopic (exact) mass is 266 g/mol. The number of benzene rings is 1. The van der Waals surface area contributed by atoms with Gasteiger partial charge in [-0.1, -0.05) is 29.3 Å². The molecule has 1 atom stereocenters. The van der Waals surface area contributed by atoms with Crippen LogP contribution in [-0.2, 0) is 0 Å². The van der Waals surface area contributed by atoms with Gasteiger partial charge in [-0.05, 0) is 31.5 Å². The van der Waals surface area contributed by atoms with Crippen LogP contribution in [-0.4, -0.2) is 6.04 Å². The second kappa shape index (κ2) is 5.77. The molecule has 0 saturated carbocycles. The first-order valence-corrected chi connectivity index (χ1v) is 5.93. The van der Waals surface area contributed by atoms with Crippen LogP contribution in [0.25, 0.3) is 0 Å². The number of hydrogen-bond donors (Lipinski definition) is 1. The third kappa shape index (κ3) is 3.56. The summed E-state index contributed by atoms with van der Waals surface area (Å²) in [5.74, 6) is 0. The number of nitriles is 1. The van der Waals surface area contributed by atoms with E-state index in [4.69, 9.17) is 5.26 Å². The Balaban J connectivity index is 2.83. The molecule has 0 spiro atoms. The molecule has 0 aliphatic carbocycles. The summed E-state index contributed by atoms with van der Waals surface area (Å²) in [6, 6.07) is 8.24. The number of nitrogens with zero attached hydrogens (tertiary/aromatic N) is 1. The summed E-state index contributed by atoms with van der Waals surface area (Å²) in [7, 11) is 0. The van der Waals surface area contributed by atoms with Crippen LogP contribution in [0.3, 0.4) is 0 Å². The molecule has 3 heteroatoms. The highest BCUT2D eigenvalue weighted by Gasteiger charge is 2.05. The molecule has 0 radical (unpaired) electrons. The van der Waals surface area contributed by atoms with E-state index in [-0.39, 0.29) is 0 Å². The SMILES string of the molecule is CCCC(C)Nc1cc(Br)ccc1C#N. The topological polar surface area (TPSA) is 35.8 Å². The van der Waals surface area contributed by atoms with Gasteiger partial charge in [0.05, 0.1) is 11.3 Å². The van der Waals surface area contributed by atoms with Crippen molar-refractivity contribution in [2.24, 2.45) is 0 Å².